The van der Waals surface area contributed by atoms with Crippen LogP contribution in [0.4, 0.5) is 17.1 Å². The minimum Gasteiger partial charge on any atom is -0.454 e. The van der Waals surface area contributed by atoms with Gasteiger partial charge in [0.25, 0.3) is 5.91 Å². The van der Waals surface area contributed by atoms with Crippen LogP contribution in [0.2, 0.25) is 0 Å². The summed E-state index contributed by atoms with van der Waals surface area (Å²) in [7, 11) is 4.04. The summed E-state index contributed by atoms with van der Waals surface area (Å²) in [5.74, 6) is 1.10. The number of anilines is 3. The molecule has 0 aromatic heterocycles. The maximum atomic E-state index is 13.2. The lowest BCUT2D eigenvalue weighted by molar-refractivity contribution is -0.116. The summed E-state index contributed by atoms with van der Waals surface area (Å²) >= 11 is 3.48. The lowest BCUT2D eigenvalue weighted by Gasteiger charge is -2.23. The lowest BCUT2D eigenvalue weighted by Crippen LogP contribution is -2.31. The van der Waals surface area contributed by atoms with Gasteiger partial charge < -0.3 is 29.9 Å². The number of carbonyl (C=O) groups is 2. The van der Waals surface area contributed by atoms with Crippen molar-refractivity contribution < 1.29 is 19.1 Å². The van der Waals surface area contributed by atoms with Crippen LogP contribution in [0.15, 0.2) is 65.1 Å². The van der Waals surface area contributed by atoms with Gasteiger partial charge in [0.15, 0.2) is 11.5 Å². The molecular weight excluding hydrogens is 548 g/mol. The van der Waals surface area contributed by atoms with E-state index in [1.165, 1.54) is 0 Å². The molecule has 2 N–H and O–H groups in total. The SMILES string of the molecule is CC(=O)N(CCCN(C)C)c1ccc(N/C(=C2\C(=O)Nc3cc(Br)ccc32)c2ccc3c(c2)OCO3)cc1. The van der Waals surface area contributed by atoms with Gasteiger partial charge in [-0.2, -0.15) is 0 Å². The fourth-order valence-electron chi connectivity index (χ4n) is 4.61. The van der Waals surface area contributed by atoms with Crippen LogP contribution in [0.3, 0.4) is 0 Å². The van der Waals surface area contributed by atoms with Crippen molar-refractivity contribution in [3.8, 4) is 11.5 Å². The van der Waals surface area contributed by atoms with Gasteiger partial charge in [-0.15, -0.1) is 0 Å². The Hall–Kier alpha value is -3.82. The number of amides is 2. The topological polar surface area (TPSA) is 83.1 Å². The molecule has 0 spiro atoms. The summed E-state index contributed by atoms with van der Waals surface area (Å²) < 4.78 is 12.0. The summed E-state index contributed by atoms with van der Waals surface area (Å²) in [5, 5.41) is 6.44. The first-order chi connectivity index (χ1) is 18.3. The zero-order chi connectivity index (χ0) is 26.8. The summed E-state index contributed by atoms with van der Waals surface area (Å²) in [6.45, 7) is 3.28. The van der Waals surface area contributed by atoms with Crippen LogP contribution in [-0.4, -0.2) is 50.7 Å². The third kappa shape index (κ3) is 5.39. The summed E-state index contributed by atoms with van der Waals surface area (Å²) in [6.07, 6.45) is 0.873. The highest BCUT2D eigenvalue weighted by Gasteiger charge is 2.29. The largest absolute Gasteiger partial charge is 0.454 e. The number of benzene rings is 3. The normalized spacial score (nSPS) is 14.8. The highest BCUT2D eigenvalue weighted by Crippen LogP contribution is 2.41. The number of carbonyl (C=O) groups excluding carboxylic acids is 2. The molecule has 0 saturated heterocycles. The molecular formula is C29H29BrN4O4. The molecule has 5 rings (SSSR count). The van der Waals surface area contributed by atoms with Gasteiger partial charge in [0.2, 0.25) is 12.7 Å². The van der Waals surface area contributed by atoms with E-state index in [0.717, 1.165) is 45.6 Å². The average molecular weight is 577 g/mol. The molecule has 2 amide bonds. The number of ether oxygens (including phenoxy) is 2. The van der Waals surface area contributed by atoms with Gasteiger partial charge in [0, 0.05) is 40.4 Å². The van der Waals surface area contributed by atoms with Gasteiger partial charge in [-0.3, -0.25) is 9.59 Å². The van der Waals surface area contributed by atoms with Crippen molar-refractivity contribution in [3.05, 3.63) is 76.3 Å². The second-order valence-corrected chi connectivity index (χ2v) is 10.4. The fourth-order valence-corrected chi connectivity index (χ4v) is 4.97. The Morgan fingerprint density at radius 2 is 1.76 bits per heavy atom. The van der Waals surface area contributed by atoms with E-state index in [2.05, 4.69) is 31.5 Å². The molecule has 0 bridgehead atoms. The van der Waals surface area contributed by atoms with Crippen molar-refractivity contribution in [1.29, 1.82) is 0 Å². The van der Waals surface area contributed by atoms with E-state index in [-0.39, 0.29) is 18.6 Å². The lowest BCUT2D eigenvalue weighted by atomic mass is 9.99. The predicted octanol–water partition coefficient (Wildman–Crippen LogP) is 5.41. The Kier molecular flexibility index (Phi) is 7.40. The zero-order valence-corrected chi connectivity index (χ0v) is 23.1. The first kappa shape index (κ1) is 25.8. The number of rotatable bonds is 8. The van der Waals surface area contributed by atoms with Crippen LogP contribution in [0.25, 0.3) is 11.3 Å². The van der Waals surface area contributed by atoms with Crippen molar-refractivity contribution in [3.63, 3.8) is 0 Å². The van der Waals surface area contributed by atoms with E-state index in [1.54, 1.807) is 11.8 Å². The first-order valence-corrected chi connectivity index (χ1v) is 13.1. The average Bonchev–Trinajstić information content (AvgIpc) is 3.48. The Balaban J connectivity index is 1.50. The molecule has 196 valence electrons. The van der Waals surface area contributed by atoms with E-state index >= 15 is 0 Å². The van der Waals surface area contributed by atoms with E-state index in [0.29, 0.717) is 29.3 Å². The molecule has 3 aromatic carbocycles. The van der Waals surface area contributed by atoms with Crippen LogP contribution in [-0.2, 0) is 9.59 Å². The fraction of sp³-hybridized carbons (Fsp3) is 0.241. The summed E-state index contributed by atoms with van der Waals surface area (Å²) in [4.78, 5) is 29.4. The smallest absolute Gasteiger partial charge is 0.258 e. The second-order valence-electron chi connectivity index (χ2n) is 9.46. The first-order valence-electron chi connectivity index (χ1n) is 12.4. The molecule has 0 aliphatic carbocycles. The van der Waals surface area contributed by atoms with E-state index in [4.69, 9.17) is 9.47 Å². The van der Waals surface area contributed by atoms with E-state index < -0.39 is 0 Å². The minimum absolute atomic E-state index is 0.00183. The maximum Gasteiger partial charge on any atom is 0.258 e. The van der Waals surface area contributed by atoms with Gasteiger partial charge in [0.05, 0.1) is 17.0 Å². The van der Waals surface area contributed by atoms with Crippen molar-refractivity contribution >= 4 is 56.1 Å². The molecule has 0 atom stereocenters. The Bertz CT molecular complexity index is 1420. The van der Waals surface area contributed by atoms with E-state index in [9.17, 15) is 9.59 Å². The molecule has 8 nitrogen and oxygen atoms in total. The molecule has 0 unspecified atom stereocenters. The van der Waals surface area contributed by atoms with Crippen LogP contribution in [0.1, 0.15) is 24.5 Å². The third-order valence-electron chi connectivity index (χ3n) is 6.45. The molecule has 9 heteroatoms. The number of hydrogen-bond acceptors (Lipinski definition) is 6. The Morgan fingerprint density at radius 3 is 2.50 bits per heavy atom. The van der Waals surface area contributed by atoms with Crippen LogP contribution >= 0.6 is 15.9 Å². The van der Waals surface area contributed by atoms with Crippen molar-refractivity contribution in [1.82, 2.24) is 4.90 Å². The number of fused-ring (bicyclic) bond motifs is 2. The summed E-state index contributed by atoms with van der Waals surface area (Å²) in [6, 6.07) is 19.0. The van der Waals surface area contributed by atoms with E-state index in [1.807, 2.05) is 74.8 Å². The summed E-state index contributed by atoms with van der Waals surface area (Å²) in [5.41, 5.74) is 5.11. The Morgan fingerprint density at radius 1 is 1.00 bits per heavy atom. The molecule has 0 saturated carbocycles. The number of halogens is 1. The van der Waals surface area contributed by atoms with Crippen molar-refractivity contribution in [2.75, 3.05) is 49.5 Å². The van der Waals surface area contributed by atoms with Gasteiger partial charge in [-0.1, -0.05) is 22.0 Å². The highest BCUT2D eigenvalue weighted by atomic mass is 79.9. The van der Waals surface area contributed by atoms with Gasteiger partial charge in [-0.05, 0) is 81.7 Å². The number of hydrogen-bond donors (Lipinski definition) is 2. The van der Waals surface area contributed by atoms with Gasteiger partial charge in [-0.25, -0.2) is 0 Å². The highest BCUT2D eigenvalue weighted by molar-refractivity contribution is 9.10. The maximum absolute atomic E-state index is 13.2. The molecule has 2 heterocycles. The monoisotopic (exact) mass is 576 g/mol. The van der Waals surface area contributed by atoms with Crippen molar-refractivity contribution in [2.24, 2.45) is 0 Å². The molecule has 0 radical (unpaired) electrons. The quantitative estimate of drug-likeness (QED) is 0.349. The molecule has 2 aliphatic rings. The minimum atomic E-state index is -0.196. The van der Waals surface area contributed by atoms with Crippen molar-refractivity contribution in [2.45, 2.75) is 13.3 Å². The number of nitrogens with zero attached hydrogens (tertiary/aromatic N) is 2. The number of nitrogens with one attached hydrogen (secondary N) is 2. The van der Waals surface area contributed by atoms with Gasteiger partial charge in [0.1, 0.15) is 0 Å². The van der Waals surface area contributed by atoms with Crippen LogP contribution in [0.5, 0.6) is 11.5 Å². The molecule has 0 fully saturated rings. The molecule has 3 aromatic rings. The van der Waals surface area contributed by atoms with Gasteiger partial charge >= 0.3 is 0 Å². The standard InChI is InChI=1S/C29H29BrN4O4/c1-18(35)34(14-4-13-33(2)3)22-9-7-21(8-10-22)31-28(19-5-12-25-26(15-19)38-17-37-25)27-23-11-6-20(30)16-24(23)32-29(27)36/h5-12,15-16,31H,4,13-14,17H2,1-3H3,(H,32,36)/b28-27-. The Labute approximate surface area is 230 Å². The van der Waals surface area contributed by atoms with Crippen LogP contribution < -0.4 is 25.0 Å². The zero-order valence-electron chi connectivity index (χ0n) is 21.5. The second kappa shape index (κ2) is 10.9. The third-order valence-corrected chi connectivity index (χ3v) is 6.95. The predicted molar refractivity (Wildman–Crippen MR) is 153 cm³/mol. The van der Waals surface area contributed by atoms with Crippen LogP contribution in [0, 0.1) is 0 Å². The molecule has 38 heavy (non-hydrogen) atoms. The molecule has 2 aliphatic heterocycles.